The first kappa shape index (κ1) is 21.1. The number of hydrogen-bond acceptors (Lipinski definition) is 6. The second-order valence-corrected chi connectivity index (χ2v) is 8.61. The highest BCUT2D eigenvalue weighted by Crippen LogP contribution is 2.19. The Labute approximate surface area is 163 Å². The van der Waals surface area contributed by atoms with Crippen molar-refractivity contribution in [1.82, 2.24) is 0 Å². The van der Waals surface area contributed by atoms with Crippen LogP contribution < -0.4 is 19.9 Å². The summed E-state index contributed by atoms with van der Waals surface area (Å²) in [5, 5.41) is 7.46. The van der Waals surface area contributed by atoms with E-state index in [0.29, 0.717) is 18.0 Å². The smallest absolute Gasteiger partial charge is 0.238 e. The highest BCUT2D eigenvalue weighted by atomic mass is 32.2. The average molecular weight is 411 g/mol. The molecule has 0 aliphatic carbocycles. The molecule has 1 amide bonds. The Morgan fingerprint density at radius 1 is 1.19 bits per heavy atom. The molecule has 0 radical (unpaired) electrons. The number of ether oxygens (including phenoxy) is 2. The second kappa shape index (κ2) is 9.63. The number of carbonyl (C=O) groups excluding carboxylic acids is 1. The summed E-state index contributed by atoms with van der Waals surface area (Å²) < 4.78 is 33.4. The second-order valence-electron chi connectivity index (χ2n) is 5.60. The molecule has 0 bridgehead atoms. The van der Waals surface area contributed by atoms with Crippen molar-refractivity contribution in [3.05, 3.63) is 48.5 Å². The van der Waals surface area contributed by atoms with E-state index in [1.165, 1.54) is 30.0 Å². The molecule has 0 fully saturated rings. The fourth-order valence-corrected chi connectivity index (χ4v) is 3.43. The molecule has 146 valence electrons. The Morgan fingerprint density at radius 2 is 1.85 bits per heavy atom. The Morgan fingerprint density at radius 3 is 2.48 bits per heavy atom. The van der Waals surface area contributed by atoms with Crippen LogP contribution in [0.3, 0.4) is 0 Å². The molecule has 27 heavy (non-hydrogen) atoms. The zero-order chi connectivity index (χ0) is 19.9. The van der Waals surface area contributed by atoms with Gasteiger partial charge in [-0.3, -0.25) is 4.79 Å². The predicted molar refractivity (Wildman–Crippen MR) is 107 cm³/mol. The van der Waals surface area contributed by atoms with Gasteiger partial charge < -0.3 is 14.8 Å². The first-order valence-corrected chi connectivity index (χ1v) is 10.7. The van der Waals surface area contributed by atoms with E-state index >= 15 is 0 Å². The summed E-state index contributed by atoms with van der Waals surface area (Å²) >= 11 is 1.44. The summed E-state index contributed by atoms with van der Waals surface area (Å²) in [4.78, 5) is 12.2. The Bertz CT molecular complexity index is 870. The van der Waals surface area contributed by atoms with Crippen LogP contribution in [0.2, 0.25) is 0 Å². The fourth-order valence-electron chi connectivity index (χ4n) is 2.13. The third-order valence-electron chi connectivity index (χ3n) is 3.58. The van der Waals surface area contributed by atoms with Crippen molar-refractivity contribution in [2.24, 2.45) is 5.14 Å². The number of anilines is 1. The number of rotatable bonds is 9. The van der Waals surface area contributed by atoms with Crippen molar-refractivity contribution in [1.29, 1.82) is 0 Å². The molecule has 0 aliphatic heterocycles. The van der Waals surface area contributed by atoms with Gasteiger partial charge in [-0.2, -0.15) is 0 Å². The van der Waals surface area contributed by atoms with Crippen LogP contribution in [-0.4, -0.2) is 39.0 Å². The molecule has 3 N–H and O–H groups in total. The summed E-state index contributed by atoms with van der Waals surface area (Å²) in [5.41, 5.74) is 0.383. The molecule has 2 aromatic rings. The largest absolute Gasteiger partial charge is 0.497 e. The van der Waals surface area contributed by atoms with Gasteiger partial charge in [-0.25, -0.2) is 13.6 Å². The van der Waals surface area contributed by atoms with Crippen LogP contribution in [0, 0.1) is 0 Å². The molecular weight excluding hydrogens is 388 g/mol. The van der Waals surface area contributed by atoms with E-state index < -0.39 is 10.0 Å². The monoisotopic (exact) mass is 410 g/mol. The zero-order valence-corrected chi connectivity index (χ0v) is 16.7. The molecule has 0 spiro atoms. The summed E-state index contributed by atoms with van der Waals surface area (Å²) in [6.45, 7) is 2.23. The molecule has 2 aromatic carbocycles. The molecule has 1 unspecified atom stereocenters. The standard InChI is InChI=1S/C18H22N2O5S2/c1-13(26-11-10-25-16-8-6-15(24-2)7-9-16)18(21)20-14-4-3-5-17(12-14)27(19,22)23/h3-9,12-13H,10-11H2,1-2H3,(H,20,21)(H2,19,22,23). The van der Waals surface area contributed by atoms with Gasteiger partial charge in [-0.15, -0.1) is 11.8 Å². The van der Waals surface area contributed by atoms with Crippen LogP contribution in [0.25, 0.3) is 0 Å². The third-order valence-corrected chi connectivity index (χ3v) is 5.61. The zero-order valence-electron chi connectivity index (χ0n) is 15.0. The van der Waals surface area contributed by atoms with Gasteiger partial charge in [0, 0.05) is 11.4 Å². The van der Waals surface area contributed by atoms with E-state index in [1.54, 1.807) is 20.1 Å². The van der Waals surface area contributed by atoms with Gasteiger partial charge in [0.05, 0.1) is 23.9 Å². The van der Waals surface area contributed by atoms with E-state index in [9.17, 15) is 13.2 Å². The summed E-state index contributed by atoms with van der Waals surface area (Å²) in [5.74, 6) is 1.88. The van der Waals surface area contributed by atoms with Crippen molar-refractivity contribution in [2.75, 3.05) is 24.8 Å². The van der Waals surface area contributed by atoms with E-state index in [4.69, 9.17) is 14.6 Å². The number of sulfonamides is 1. The minimum atomic E-state index is -3.81. The van der Waals surface area contributed by atoms with Gasteiger partial charge in [-0.1, -0.05) is 6.07 Å². The third kappa shape index (κ3) is 6.78. The van der Waals surface area contributed by atoms with Crippen molar-refractivity contribution in [3.8, 4) is 11.5 Å². The van der Waals surface area contributed by atoms with E-state index in [0.717, 1.165) is 11.5 Å². The summed E-state index contributed by atoms with van der Waals surface area (Å²) in [6, 6.07) is 13.1. The van der Waals surface area contributed by atoms with E-state index in [-0.39, 0.29) is 16.1 Å². The highest BCUT2D eigenvalue weighted by Gasteiger charge is 2.15. The van der Waals surface area contributed by atoms with Crippen LogP contribution in [0.1, 0.15) is 6.92 Å². The van der Waals surface area contributed by atoms with Gasteiger partial charge in [0.15, 0.2) is 0 Å². The van der Waals surface area contributed by atoms with Crippen molar-refractivity contribution < 1.29 is 22.7 Å². The highest BCUT2D eigenvalue weighted by molar-refractivity contribution is 8.00. The molecule has 0 aromatic heterocycles. The maximum Gasteiger partial charge on any atom is 0.238 e. The molecule has 0 heterocycles. The molecule has 7 nitrogen and oxygen atoms in total. The fraction of sp³-hybridized carbons (Fsp3) is 0.278. The summed E-state index contributed by atoms with van der Waals surface area (Å²) in [6.07, 6.45) is 0. The Hall–Kier alpha value is -2.23. The van der Waals surface area contributed by atoms with Gasteiger partial charge >= 0.3 is 0 Å². The minimum absolute atomic E-state index is 0.0477. The summed E-state index contributed by atoms with van der Waals surface area (Å²) in [7, 11) is -2.21. The van der Waals surface area contributed by atoms with Gasteiger partial charge in [0.2, 0.25) is 15.9 Å². The Balaban J connectivity index is 1.78. The average Bonchev–Trinajstić information content (AvgIpc) is 2.65. The molecule has 0 saturated carbocycles. The van der Waals surface area contributed by atoms with Crippen LogP contribution in [0.15, 0.2) is 53.4 Å². The van der Waals surface area contributed by atoms with Crippen LogP contribution in [0.4, 0.5) is 5.69 Å². The minimum Gasteiger partial charge on any atom is -0.497 e. The van der Waals surface area contributed by atoms with E-state index in [2.05, 4.69) is 5.32 Å². The SMILES string of the molecule is COc1ccc(OCCSC(C)C(=O)Nc2cccc(S(N)(=O)=O)c2)cc1. The maximum absolute atomic E-state index is 12.2. The normalized spacial score (nSPS) is 12.3. The molecule has 2 rings (SSSR count). The number of benzene rings is 2. The molecule has 1 atom stereocenters. The number of methoxy groups -OCH3 is 1. The lowest BCUT2D eigenvalue weighted by atomic mass is 10.3. The molecule has 0 saturated heterocycles. The maximum atomic E-state index is 12.2. The van der Waals surface area contributed by atoms with Crippen LogP contribution >= 0.6 is 11.8 Å². The first-order chi connectivity index (χ1) is 12.8. The van der Waals surface area contributed by atoms with E-state index in [1.807, 2.05) is 24.3 Å². The topological polar surface area (TPSA) is 108 Å². The lowest BCUT2D eigenvalue weighted by Crippen LogP contribution is -2.23. The number of carbonyl (C=O) groups is 1. The molecule has 0 aliphatic rings. The number of primary sulfonamides is 1. The van der Waals surface area contributed by atoms with Crippen LogP contribution in [0.5, 0.6) is 11.5 Å². The first-order valence-electron chi connectivity index (χ1n) is 8.12. The number of amides is 1. The number of nitrogens with two attached hydrogens (primary N) is 1. The van der Waals surface area contributed by atoms with Gasteiger partial charge in [0.1, 0.15) is 11.5 Å². The van der Waals surface area contributed by atoms with Crippen molar-refractivity contribution >= 4 is 33.4 Å². The number of hydrogen-bond donors (Lipinski definition) is 2. The molecular formula is C18H22N2O5S2. The van der Waals surface area contributed by atoms with Crippen LogP contribution in [-0.2, 0) is 14.8 Å². The molecule has 9 heteroatoms. The number of thioether (sulfide) groups is 1. The van der Waals surface area contributed by atoms with Crippen molar-refractivity contribution in [2.45, 2.75) is 17.1 Å². The number of nitrogens with one attached hydrogen (secondary N) is 1. The Kier molecular flexibility index (Phi) is 7.52. The van der Waals surface area contributed by atoms with Gasteiger partial charge in [0.25, 0.3) is 0 Å². The predicted octanol–water partition coefficient (Wildman–Crippen LogP) is 2.48. The lowest BCUT2D eigenvalue weighted by molar-refractivity contribution is -0.115. The lowest BCUT2D eigenvalue weighted by Gasteiger charge is -2.13. The quantitative estimate of drug-likeness (QED) is 0.615. The van der Waals surface area contributed by atoms with Crippen molar-refractivity contribution in [3.63, 3.8) is 0 Å². The van der Waals surface area contributed by atoms with Gasteiger partial charge in [-0.05, 0) is 49.4 Å².